The van der Waals surface area contributed by atoms with Crippen LogP contribution in [0.1, 0.15) is 23.7 Å². The first-order valence-electron chi connectivity index (χ1n) is 6.51. The van der Waals surface area contributed by atoms with Crippen LogP contribution >= 0.6 is 23.2 Å². The molecule has 1 aromatic carbocycles. The molecule has 0 spiro atoms. The van der Waals surface area contributed by atoms with Crippen LogP contribution in [0.25, 0.3) is 5.69 Å². The second-order valence-electron chi connectivity index (χ2n) is 4.38. The Morgan fingerprint density at radius 2 is 2.24 bits per heavy atom. The van der Waals surface area contributed by atoms with Crippen LogP contribution in [-0.4, -0.2) is 22.2 Å². The van der Waals surface area contributed by atoms with E-state index in [1.807, 2.05) is 19.1 Å². The zero-order valence-corrected chi connectivity index (χ0v) is 13.0. The minimum Gasteiger partial charge on any atom is -0.352 e. The van der Waals surface area contributed by atoms with E-state index in [1.165, 1.54) is 6.20 Å². The van der Waals surface area contributed by atoms with Gasteiger partial charge in [-0.3, -0.25) is 4.79 Å². The van der Waals surface area contributed by atoms with Crippen molar-refractivity contribution in [3.8, 4) is 5.69 Å². The second kappa shape index (κ2) is 7.29. The average Bonchev–Trinajstić information content (AvgIpc) is 2.93. The van der Waals surface area contributed by atoms with E-state index in [-0.39, 0.29) is 5.91 Å². The van der Waals surface area contributed by atoms with Crippen LogP contribution in [0.5, 0.6) is 0 Å². The highest BCUT2D eigenvalue weighted by atomic mass is 35.5. The average molecular weight is 324 g/mol. The van der Waals surface area contributed by atoms with Crippen LogP contribution < -0.4 is 5.32 Å². The molecule has 0 unspecified atom stereocenters. The van der Waals surface area contributed by atoms with Gasteiger partial charge in [0.2, 0.25) is 0 Å². The van der Waals surface area contributed by atoms with E-state index in [9.17, 15) is 4.79 Å². The van der Waals surface area contributed by atoms with Crippen molar-refractivity contribution in [2.45, 2.75) is 13.3 Å². The van der Waals surface area contributed by atoms with E-state index in [1.54, 1.807) is 29.1 Å². The summed E-state index contributed by atoms with van der Waals surface area (Å²) in [6, 6.07) is 5.11. The highest BCUT2D eigenvalue weighted by Crippen LogP contribution is 2.24. The number of nitrogens with zero attached hydrogens (tertiary/aromatic N) is 2. The molecule has 0 aliphatic heterocycles. The second-order valence-corrected chi connectivity index (χ2v) is 5.23. The van der Waals surface area contributed by atoms with Gasteiger partial charge in [0.25, 0.3) is 5.91 Å². The van der Waals surface area contributed by atoms with Gasteiger partial charge in [-0.25, -0.2) is 4.68 Å². The van der Waals surface area contributed by atoms with Crippen LogP contribution in [0.2, 0.25) is 10.0 Å². The third-order valence-electron chi connectivity index (χ3n) is 2.83. The van der Waals surface area contributed by atoms with E-state index >= 15 is 0 Å². The topological polar surface area (TPSA) is 46.9 Å². The third-order valence-corrected chi connectivity index (χ3v) is 3.37. The van der Waals surface area contributed by atoms with Crippen molar-refractivity contribution in [1.82, 2.24) is 15.1 Å². The van der Waals surface area contributed by atoms with Crippen molar-refractivity contribution in [2.75, 3.05) is 6.54 Å². The summed E-state index contributed by atoms with van der Waals surface area (Å²) in [5, 5.41) is 8.01. The lowest BCUT2D eigenvalue weighted by Crippen LogP contribution is -2.23. The Labute approximate surface area is 133 Å². The maximum atomic E-state index is 11.9. The monoisotopic (exact) mass is 323 g/mol. The number of carbonyl (C=O) groups excluding carboxylic acids is 1. The van der Waals surface area contributed by atoms with Crippen LogP contribution in [0, 0.1) is 0 Å². The fraction of sp³-hybridized carbons (Fsp3) is 0.200. The molecule has 0 fully saturated rings. The Kier molecular flexibility index (Phi) is 5.42. The molecule has 6 heteroatoms. The van der Waals surface area contributed by atoms with Crippen LogP contribution in [0.4, 0.5) is 0 Å². The van der Waals surface area contributed by atoms with Crippen molar-refractivity contribution >= 4 is 29.1 Å². The molecule has 0 radical (unpaired) electrons. The summed E-state index contributed by atoms with van der Waals surface area (Å²) in [6.45, 7) is 2.54. The lowest BCUT2D eigenvalue weighted by Gasteiger charge is -2.04. The number of benzene rings is 1. The Morgan fingerprint density at radius 3 is 2.95 bits per heavy atom. The van der Waals surface area contributed by atoms with Crippen molar-refractivity contribution in [3.05, 3.63) is 58.4 Å². The molecule has 0 aliphatic carbocycles. The molecular formula is C15H15Cl2N3O. The van der Waals surface area contributed by atoms with Crippen molar-refractivity contribution in [2.24, 2.45) is 0 Å². The van der Waals surface area contributed by atoms with E-state index in [0.717, 1.165) is 6.42 Å². The maximum Gasteiger partial charge on any atom is 0.254 e. The lowest BCUT2D eigenvalue weighted by atomic mass is 10.3. The first-order valence-corrected chi connectivity index (χ1v) is 7.27. The molecule has 2 aromatic rings. The quantitative estimate of drug-likeness (QED) is 0.670. The highest BCUT2D eigenvalue weighted by molar-refractivity contribution is 6.35. The van der Waals surface area contributed by atoms with Crippen molar-refractivity contribution in [1.29, 1.82) is 0 Å². The molecule has 0 saturated carbocycles. The Hall–Kier alpha value is -1.78. The fourth-order valence-corrected chi connectivity index (χ4v) is 2.27. The molecule has 0 bridgehead atoms. The molecule has 4 nitrogen and oxygen atoms in total. The van der Waals surface area contributed by atoms with Gasteiger partial charge in [0.05, 0.1) is 22.5 Å². The molecule has 0 atom stereocenters. The van der Waals surface area contributed by atoms with Gasteiger partial charge in [0.1, 0.15) is 0 Å². The number of hydrogen-bond acceptors (Lipinski definition) is 2. The van der Waals surface area contributed by atoms with E-state index in [2.05, 4.69) is 10.4 Å². The van der Waals surface area contributed by atoms with Crippen LogP contribution in [0.15, 0.2) is 42.7 Å². The number of allylic oxidation sites excluding steroid dienone is 1. The number of nitrogens with one attached hydrogen (secondary N) is 1. The lowest BCUT2D eigenvalue weighted by molar-refractivity contribution is 0.0954. The number of halogens is 2. The molecule has 1 aromatic heterocycles. The summed E-state index contributed by atoms with van der Waals surface area (Å²) in [6.07, 6.45) is 7.90. The maximum absolute atomic E-state index is 11.9. The molecule has 1 N–H and O–H groups in total. The summed E-state index contributed by atoms with van der Waals surface area (Å²) in [5.41, 5.74) is 1.16. The first kappa shape index (κ1) is 15.6. The summed E-state index contributed by atoms with van der Waals surface area (Å²) < 4.78 is 1.56. The van der Waals surface area contributed by atoms with Gasteiger partial charge < -0.3 is 5.32 Å². The number of amides is 1. The van der Waals surface area contributed by atoms with E-state index in [4.69, 9.17) is 23.2 Å². The molecule has 1 amide bonds. The van der Waals surface area contributed by atoms with E-state index < -0.39 is 0 Å². The minimum absolute atomic E-state index is 0.157. The summed E-state index contributed by atoms with van der Waals surface area (Å²) in [4.78, 5) is 11.9. The molecule has 0 saturated heterocycles. The van der Waals surface area contributed by atoms with Crippen LogP contribution in [0.3, 0.4) is 0 Å². The molecular weight excluding hydrogens is 309 g/mol. The highest BCUT2D eigenvalue weighted by Gasteiger charge is 2.10. The number of aromatic nitrogens is 2. The van der Waals surface area contributed by atoms with Crippen LogP contribution in [-0.2, 0) is 0 Å². The summed E-state index contributed by atoms with van der Waals surface area (Å²) in [7, 11) is 0. The molecule has 1 heterocycles. The standard InChI is InChI=1S/C15H15Cl2N3O/c1-2-3-4-7-18-15(21)11-9-19-20(10-11)14-6-5-12(16)8-13(14)17/h2-3,5-6,8-10H,4,7H2,1H3,(H,18,21)/b3-2+. The smallest absolute Gasteiger partial charge is 0.254 e. The zero-order chi connectivity index (χ0) is 15.2. The summed E-state index contributed by atoms with van der Waals surface area (Å²) in [5.74, 6) is -0.157. The predicted molar refractivity (Wildman–Crippen MR) is 85.3 cm³/mol. The molecule has 2 rings (SSSR count). The minimum atomic E-state index is -0.157. The predicted octanol–water partition coefficient (Wildman–Crippen LogP) is 3.88. The molecule has 0 aliphatic rings. The fourth-order valence-electron chi connectivity index (χ4n) is 1.78. The number of carbonyl (C=O) groups is 1. The molecule has 21 heavy (non-hydrogen) atoms. The Balaban J connectivity index is 2.08. The Bertz CT molecular complexity index is 665. The van der Waals surface area contributed by atoms with Gasteiger partial charge in [-0.1, -0.05) is 35.4 Å². The van der Waals surface area contributed by atoms with Crippen molar-refractivity contribution in [3.63, 3.8) is 0 Å². The van der Waals surface area contributed by atoms with Gasteiger partial charge in [-0.05, 0) is 31.5 Å². The zero-order valence-electron chi connectivity index (χ0n) is 11.5. The van der Waals surface area contributed by atoms with Gasteiger partial charge in [0, 0.05) is 17.8 Å². The summed E-state index contributed by atoms with van der Waals surface area (Å²) >= 11 is 12.0. The SMILES string of the molecule is C/C=C/CCNC(=O)c1cnn(-c2ccc(Cl)cc2Cl)c1. The van der Waals surface area contributed by atoms with E-state index in [0.29, 0.717) is 27.8 Å². The third kappa shape index (κ3) is 4.09. The number of rotatable bonds is 5. The van der Waals surface area contributed by atoms with Gasteiger partial charge in [0.15, 0.2) is 0 Å². The van der Waals surface area contributed by atoms with Crippen molar-refractivity contribution < 1.29 is 4.79 Å². The first-order chi connectivity index (χ1) is 10.1. The Morgan fingerprint density at radius 1 is 1.43 bits per heavy atom. The van der Waals surface area contributed by atoms with Gasteiger partial charge in [-0.15, -0.1) is 0 Å². The normalized spacial score (nSPS) is 11.0. The molecule has 110 valence electrons. The van der Waals surface area contributed by atoms with Gasteiger partial charge in [-0.2, -0.15) is 5.10 Å². The number of hydrogen-bond donors (Lipinski definition) is 1. The van der Waals surface area contributed by atoms with Gasteiger partial charge >= 0.3 is 0 Å². The largest absolute Gasteiger partial charge is 0.352 e.